The summed E-state index contributed by atoms with van der Waals surface area (Å²) >= 11 is 0. The molecule has 4 heterocycles. The highest BCUT2D eigenvalue weighted by atomic mass is 15.1. The molecule has 0 saturated carbocycles. The van der Waals surface area contributed by atoms with E-state index in [1.54, 1.807) is 0 Å². The van der Waals surface area contributed by atoms with Crippen molar-refractivity contribution in [2.75, 3.05) is 0 Å². The van der Waals surface area contributed by atoms with Gasteiger partial charge < -0.3 is 0 Å². The zero-order chi connectivity index (χ0) is 39.9. The highest BCUT2D eigenvalue weighted by Gasteiger charge is 2.21. The summed E-state index contributed by atoms with van der Waals surface area (Å²) in [6.45, 7) is 0. The van der Waals surface area contributed by atoms with Crippen LogP contribution in [0.1, 0.15) is 11.1 Å². The lowest BCUT2D eigenvalue weighted by Gasteiger charge is -2.14. The summed E-state index contributed by atoms with van der Waals surface area (Å²) in [7, 11) is 0. The molecule has 0 fully saturated rings. The molecule has 4 aromatic heterocycles. The van der Waals surface area contributed by atoms with E-state index in [4.69, 9.17) is 9.97 Å². The SMILES string of the molecule is N#Cc1cc(-c2ccc(-n3c4ncccc4c4c5ccccc5c5ccccc5c43)cc2)cc(-c2ccc(-n3c4ncccc4c4ccc5ccccc5c43)cc2)c1C#N. The first-order valence-electron chi connectivity index (χ1n) is 19.9. The number of hydrogen-bond acceptors (Lipinski definition) is 4. The maximum atomic E-state index is 10.4. The van der Waals surface area contributed by atoms with E-state index in [0.717, 1.165) is 82.7 Å². The molecule has 0 radical (unpaired) electrons. The first-order valence-corrected chi connectivity index (χ1v) is 19.9. The number of rotatable bonds is 4. The molecule has 0 amide bonds. The van der Waals surface area contributed by atoms with Crippen molar-refractivity contribution in [3.63, 3.8) is 0 Å². The van der Waals surface area contributed by atoms with Gasteiger partial charge in [0.25, 0.3) is 0 Å². The van der Waals surface area contributed by atoms with Crippen LogP contribution >= 0.6 is 0 Å². The smallest absolute Gasteiger partial charge is 0.145 e. The van der Waals surface area contributed by atoms with Crippen LogP contribution in [0.4, 0.5) is 0 Å². The van der Waals surface area contributed by atoms with Crippen molar-refractivity contribution in [3.8, 4) is 45.8 Å². The van der Waals surface area contributed by atoms with E-state index in [9.17, 15) is 10.5 Å². The van der Waals surface area contributed by atoms with Gasteiger partial charge in [0.2, 0.25) is 0 Å². The van der Waals surface area contributed by atoms with Gasteiger partial charge in [-0.25, -0.2) is 9.97 Å². The van der Waals surface area contributed by atoms with Gasteiger partial charge in [-0.3, -0.25) is 9.13 Å². The molecular formula is C54H30N6. The summed E-state index contributed by atoms with van der Waals surface area (Å²) in [5.41, 5.74) is 9.96. The van der Waals surface area contributed by atoms with Crippen LogP contribution < -0.4 is 0 Å². The first-order chi connectivity index (χ1) is 29.7. The Labute approximate surface area is 343 Å². The maximum absolute atomic E-state index is 10.4. The largest absolute Gasteiger partial charge is 0.293 e. The van der Waals surface area contributed by atoms with E-state index in [1.807, 2.05) is 48.8 Å². The summed E-state index contributed by atoms with van der Waals surface area (Å²) in [5.74, 6) is 0. The lowest BCUT2D eigenvalue weighted by atomic mass is 9.91. The molecule has 6 nitrogen and oxygen atoms in total. The van der Waals surface area contributed by atoms with E-state index >= 15 is 0 Å². The third kappa shape index (κ3) is 4.80. The Balaban J connectivity index is 0.992. The van der Waals surface area contributed by atoms with Gasteiger partial charge >= 0.3 is 0 Å². The third-order valence-corrected chi connectivity index (χ3v) is 12.1. The summed E-state index contributed by atoms with van der Waals surface area (Å²) < 4.78 is 4.49. The van der Waals surface area contributed by atoms with Gasteiger partial charge in [0.1, 0.15) is 23.4 Å². The molecular weight excluding hydrogens is 733 g/mol. The lowest BCUT2D eigenvalue weighted by Crippen LogP contribution is -1.97. The third-order valence-electron chi connectivity index (χ3n) is 12.1. The van der Waals surface area contributed by atoms with Crippen LogP contribution in [0, 0.1) is 22.7 Å². The summed E-state index contributed by atoms with van der Waals surface area (Å²) in [4.78, 5) is 9.77. The van der Waals surface area contributed by atoms with Crippen LogP contribution in [0.25, 0.3) is 110 Å². The normalized spacial score (nSPS) is 11.6. The van der Waals surface area contributed by atoms with Crippen LogP contribution in [0.3, 0.4) is 0 Å². The number of aromatic nitrogens is 4. The summed E-state index contributed by atoms with van der Waals surface area (Å²) in [6.07, 6.45) is 3.69. The minimum atomic E-state index is 0.334. The van der Waals surface area contributed by atoms with Crippen molar-refractivity contribution in [3.05, 3.63) is 193 Å². The average Bonchev–Trinajstić information content (AvgIpc) is 3.85. The van der Waals surface area contributed by atoms with Crippen LogP contribution in [0.2, 0.25) is 0 Å². The number of benzene rings is 8. The molecule has 0 N–H and O–H groups in total. The van der Waals surface area contributed by atoms with E-state index in [1.165, 1.54) is 21.5 Å². The minimum absolute atomic E-state index is 0.334. The van der Waals surface area contributed by atoms with E-state index in [-0.39, 0.29) is 0 Å². The number of pyridine rings is 2. The van der Waals surface area contributed by atoms with Crippen molar-refractivity contribution in [2.45, 2.75) is 0 Å². The Hall–Kier alpha value is -8.58. The summed E-state index contributed by atoms with van der Waals surface area (Å²) in [6, 6.07) is 63.4. The minimum Gasteiger partial charge on any atom is -0.293 e. The highest BCUT2D eigenvalue weighted by Crippen LogP contribution is 2.42. The molecule has 0 bridgehead atoms. The Kier molecular flexibility index (Phi) is 7.26. The second-order valence-corrected chi connectivity index (χ2v) is 15.2. The predicted octanol–water partition coefficient (Wildman–Crippen LogP) is 13.2. The lowest BCUT2D eigenvalue weighted by molar-refractivity contribution is 1.14. The quantitative estimate of drug-likeness (QED) is 0.167. The van der Waals surface area contributed by atoms with Crippen LogP contribution in [-0.4, -0.2) is 19.1 Å². The van der Waals surface area contributed by atoms with Gasteiger partial charge in [-0.05, 0) is 98.9 Å². The van der Waals surface area contributed by atoms with Crippen molar-refractivity contribution in [1.29, 1.82) is 10.5 Å². The molecule has 0 aliphatic carbocycles. The fourth-order valence-electron chi connectivity index (χ4n) is 9.45. The van der Waals surface area contributed by atoms with Gasteiger partial charge in [0.15, 0.2) is 0 Å². The monoisotopic (exact) mass is 762 g/mol. The topological polar surface area (TPSA) is 83.2 Å². The van der Waals surface area contributed by atoms with Crippen LogP contribution in [-0.2, 0) is 0 Å². The number of hydrogen-bond donors (Lipinski definition) is 0. The molecule has 8 aromatic carbocycles. The van der Waals surface area contributed by atoms with Crippen LogP contribution in [0.15, 0.2) is 182 Å². The average molecular weight is 763 g/mol. The second-order valence-electron chi connectivity index (χ2n) is 15.2. The van der Waals surface area contributed by atoms with Crippen molar-refractivity contribution in [1.82, 2.24) is 19.1 Å². The molecule has 276 valence electrons. The Bertz CT molecular complexity index is 3840. The van der Waals surface area contributed by atoms with E-state index < -0.39 is 0 Å². The predicted molar refractivity (Wildman–Crippen MR) is 244 cm³/mol. The second kappa shape index (κ2) is 13.0. The van der Waals surface area contributed by atoms with Crippen molar-refractivity contribution < 1.29 is 0 Å². The van der Waals surface area contributed by atoms with Gasteiger partial charge in [-0.1, -0.05) is 109 Å². The molecule has 0 atom stereocenters. The van der Waals surface area contributed by atoms with Crippen molar-refractivity contribution in [2.24, 2.45) is 0 Å². The van der Waals surface area contributed by atoms with Gasteiger partial charge in [0, 0.05) is 61.6 Å². The number of fused-ring (bicyclic) bond motifs is 13. The van der Waals surface area contributed by atoms with Gasteiger partial charge in [0.05, 0.1) is 22.2 Å². The Morgan fingerprint density at radius 2 is 0.950 bits per heavy atom. The fourth-order valence-corrected chi connectivity index (χ4v) is 9.45. The van der Waals surface area contributed by atoms with E-state index in [0.29, 0.717) is 16.7 Å². The molecule has 12 rings (SSSR count). The molecule has 0 unspecified atom stereocenters. The number of nitrogens with zero attached hydrogens (tertiary/aromatic N) is 6. The Morgan fingerprint density at radius 3 is 1.65 bits per heavy atom. The molecule has 60 heavy (non-hydrogen) atoms. The highest BCUT2D eigenvalue weighted by molar-refractivity contribution is 6.31. The molecule has 12 aromatic rings. The number of nitriles is 2. The molecule has 0 aliphatic heterocycles. The first kappa shape index (κ1) is 33.5. The maximum Gasteiger partial charge on any atom is 0.145 e. The molecule has 0 aliphatic rings. The Morgan fingerprint density at radius 1 is 0.400 bits per heavy atom. The fraction of sp³-hybridized carbons (Fsp3) is 0. The zero-order valence-electron chi connectivity index (χ0n) is 32.0. The summed E-state index contributed by atoms with van der Waals surface area (Å²) in [5, 5.41) is 32.4. The molecule has 6 heteroatoms. The zero-order valence-corrected chi connectivity index (χ0v) is 32.0. The van der Waals surface area contributed by atoms with Crippen LogP contribution in [0.5, 0.6) is 0 Å². The van der Waals surface area contributed by atoms with Crippen molar-refractivity contribution >= 4 is 76.2 Å². The molecule has 0 saturated heterocycles. The standard InChI is InChI=1S/C54H30N6/c55-31-37-29-36(33-17-22-39(23-18-33)60-52-44-14-6-4-12-42(44)41-11-3-5-13-43(41)50(52)47-16-8-28-58-54(47)60)30-48(49(37)32-56)35-19-24-38(25-20-35)59-51-40-10-2-1-9-34(40)21-26-45(51)46-15-7-27-57-53(46)59/h1-30H. The van der Waals surface area contributed by atoms with E-state index in [2.05, 4.69) is 155 Å². The van der Waals surface area contributed by atoms with Gasteiger partial charge in [-0.15, -0.1) is 0 Å². The van der Waals surface area contributed by atoms with Gasteiger partial charge in [-0.2, -0.15) is 10.5 Å². The molecule has 0 spiro atoms.